The van der Waals surface area contributed by atoms with E-state index < -0.39 is 0 Å². The van der Waals surface area contributed by atoms with E-state index in [2.05, 4.69) is 41.1 Å². The zero-order valence-electron chi connectivity index (χ0n) is 10.2. The van der Waals surface area contributed by atoms with Crippen LogP contribution in [0.2, 0.25) is 0 Å². The lowest BCUT2D eigenvalue weighted by Crippen LogP contribution is -2.13. The molecule has 0 aliphatic carbocycles. The number of benzene rings is 1. The minimum atomic E-state index is 0.0825. The van der Waals surface area contributed by atoms with Gasteiger partial charge in [0.25, 0.3) is 0 Å². The van der Waals surface area contributed by atoms with Crippen LogP contribution < -0.4 is 5.73 Å². The minimum Gasteiger partial charge on any atom is -0.377 e. The maximum absolute atomic E-state index is 5.87. The van der Waals surface area contributed by atoms with Crippen LogP contribution in [-0.4, -0.2) is 18.0 Å². The van der Waals surface area contributed by atoms with E-state index in [0.29, 0.717) is 11.4 Å². The Morgan fingerprint density at radius 1 is 1.53 bits per heavy atom. The summed E-state index contributed by atoms with van der Waals surface area (Å²) in [4.78, 5) is 1.27. The Bertz CT molecular complexity index is 397. The predicted molar refractivity (Wildman–Crippen MR) is 76.4 cm³/mol. The molecule has 0 bridgehead atoms. The Morgan fingerprint density at radius 2 is 2.29 bits per heavy atom. The Labute approximate surface area is 115 Å². The molecule has 4 heteroatoms. The summed E-state index contributed by atoms with van der Waals surface area (Å²) in [6.45, 7) is 5.03. The number of thioether (sulfide) groups is 1. The molecule has 94 valence electrons. The quantitative estimate of drug-likeness (QED) is 0.923. The van der Waals surface area contributed by atoms with Gasteiger partial charge in [0.1, 0.15) is 0 Å². The molecule has 1 aromatic rings. The number of halogens is 1. The monoisotopic (exact) mass is 315 g/mol. The molecule has 17 heavy (non-hydrogen) atoms. The average Bonchev–Trinajstić information content (AvgIpc) is 2.67. The standard InChI is InChI=1S/C13H18BrNOS/c1-8(15)10-3-4-13(11(14)7-10)17-12-5-6-16-9(12)2/h3-4,7-9,12H,5-6,15H2,1-2H3. The number of ether oxygens (including phenoxy) is 1. The molecule has 1 saturated heterocycles. The van der Waals surface area contributed by atoms with Gasteiger partial charge in [-0.05, 0) is 53.9 Å². The van der Waals surface area contributed by atoms with Crippen LogP contribution in [0.4, 0.5) is 0 Å². The lowest BCUT2D eigenvalue weighted by Gasteiger charge is -2.15. The minimum absolute atomic E-state index is 0.0825. The molecule has 0 spiro atoms. The smallest absolute Gasteiger partial charge is 0.0669 e. The molecule has 2 rings (SSSR count). The molecular weight excluding hydrogens is 298 g/mol. The van der Waals surface area contributed by atoms with Gasteiger partial charge in [0, 0.05) is 27.3 Å². The van der Waals surface area contributed by atoms with Gasteiger partial charge in [-0.25, -0.2) is 0 Å². The number of hydrogen-bond donors (Lipinski definition) is 1. The van der Waals surface area contributed by atoms with Gasteiger partial charge >= 0.3 is 0 Å². The van der Waals surface area contributed by atoms with E-state index in [1.54, 1.807) is 0 Å². The van der Waals surface area contributed by atoms with Crippen molar-refractivity contribution in [3.05, 3.63) is 28.2 Å². The van der Waals surface area contributed by atoms with E-state index in [-0.39, 0.29) is 6.04 Å². The summed E-state index contributed by atoms with van der Waals surface area (Å²) >= 11 is 5.52. The summed E-state index contributed by atoms with van der Waals surface area (Å²) in [6, 6.07) is 6.46. The number of rotatable bonds is 3. The molecule has 0 aromatic heterocycles. The number of hydrogen-bond acceptors (Lipinski definition) is 3. The molecular formula is C13H18BrNOS. The lowest BCUT2D eigenvalue weighted by molar-refractivity contribution is 0.127. The first kappa shape index (κ1) is 13.4. The van der Waals surface area contributed by atoms with Gasteiger partial charge in [0.05, 0.1) is 6.10 Å². The van der Waals surface area contributed by atoms with Crippen molar-refractivity contribution < 1.29 is 4.74 Å². The summed E-state index contributed by atoms with van der Waals surface area (Å²) in [7, 11) is 0. The van der Waals surface area contributed by atoms with Gasteiger partial charge in [-0.15, -0.1) is 11.8 Å². The molecule has 0 radical (unpaired) electrons. The topological polar surface area (TPSA) is 35.2 Å². The fourth-order valence-corrected chi connectivity index (χ4v) is 3.73. The first-order valence-corrected chi connectivity index (χ1v) is 7.58. The highest BCUT2D eigenvalue weighted by Crippen LogP contribution is 2.37. The molecule has 0 amide bonds. The molecule has 3 unspecified atom stereocenters. The summed E-state index contributed by atoms with van der Waals surface area (Å²) in [5.74, 6) is 0. The second-order valence-corrected chi connectivity index (χ2v) is 6.63. The van der Waals surface area contributed by atoms with Gasteiger partial charge in [-0.3, -0.25) is 0 Å². The summed E-state index contributed by atoms with van der Waals surface area (Å²) in [5, 5.41) is 0.562. The van der Waals surface area contributed by atoms with Crippen LogP contribution in [0.5, 0.6) is 0 Å². The van der Waals surface area contributed by atoms with Crippen molar-refractivity contribution in [2.24, 2.45) is 5.73 Å². The molecule has 3 atom stereocenters. The molecule has 1 fully saturated rings. The SMILES string of the molecule is CC(N)c1ccc(SC2CCOC2C)c(Br)c1. The Balaban J connectivity index is 2.11. The zero-order chi connectivity index (χ0) is 12.4. The molecule has 1 aliphatic rings. The average molecular weight is 316 g/mol. The Hall–Kier alpha value is -0.0300. The Kier molecular flexibility index (Phi) is 4.53. The fourth-order valence-electron chi connectivity index (χ4n) is 1.93. The lowest BCUT2D eigenvalue weighted by atomic mass is 10.1. The second kappa shape index (κ2) is 5.74. The largest absolute Gasteiger partial charge is 0.377 e. The Morgan fingerprint density at radius 3 is 2.82 bits per heavy atom. The van der Waals surface area contributed by atoms with E-state index in [1.165, 1.54) is 4.90 Å². The fraction of sp³-hybridized carbons (Fsp3) is 0.538. The van der Waals surface area contributed by atoms with Crippen molar-refractivity contribution >= 4 is 27.7 Å². The maximum atomic E-state index is 5.87. The molecule has 1 heterocycles. The molecule has 2 nitrogen and oxygen atoms in total. The van der Waals surface area contributed by atoms with Crippen LogP contribution in [-0.2, 0) is 4.74 Å². The highest BCUT2D eigenvalue weighted by atomic mass is 79.9. The van der Waals surface area contributed by atoms with Gasteiger partial charge in [0.15, 0.2) is 0 Å². The van der Waals surface area contributed by atoms with E-state index >= 15 is 0 Å². The predicted octanol–water partition coefficient (Wildman–Crippen LogP) is 3.74. The third-order valence-corrected chi connectivity index (χ3v) is 5.52. The van der Waals surface area contributed by atoms with Crippen LogP contribution in [0.25, 0.3) is 0 Å². The van der Waals surface area contributed by atoms with Crippen molar-refractivity contribution in [1.29, 1.82) is 0 Å². The summed E-state index contributed by atoms with van der Waals surface area (Å²) in [5.41, 5.74) is 7.03. The van der Waals surface area contributed by atoms with E-state index in [1.807, 2.05) is 18.7 Å². The van der Waals surface area contributed by atoms with Gasteiger partial charge in [-0.2, -0.15) is 0 Å². The summed E-state index contributed by atoms with van der Waals surface area (Å²) < 4.78 is 6.72. The maximum Gasteiger partial charge on any atom is 0.0669 e. The number of nitrogens with two attached hydrogens (primary N) is 1. The van der Waals surface area contributed by atoms with Crippen LogP contribution in [0.3, 0.4) is 0 Å². The zero-order valence-corrected chi connectivity index (χ0v) is 12.6. The van der Waals surface area contributed by atoms with E-state index in [9.17, 15) is 0 Å². The van der Waals surface area contributed by atoms with E-state index in [0.717, 1.165) is 23.1 Å². The van der Waals surface area contributed by atoms with Crippen molar-refractivity contribution in [1.82, 2.24) is 0 Å². The molecule has 2 N–H and O–H groups in total. The van der Waals surface area contributed by atoms with Crippen LogP contribution in [0.15, 0.2) is 27.6 Å². The van der Waals surface area contributed by atoms with Gasteiger partial charge in [-0.1, -0.05) is 6.07 Å². The highest BCUT2D eigenvalue weighted by Gasteiger charge is 2.25. The van der Waals surface area contributed by atoms with Crippen molar-refractivity contribution in [2.75, 3.05) is 6.61 Å². The van der Waals surface area contributed by atoms with Crippen LogP contribution in [0, 0.1) is 0 Å². The van der Waals surface area contributed by atoms with E-state index in [4.69, 9.17) is 10.5 Å². The van der Waals surface area contributed by atoms with Crippen LogP contribution >= 0.6 is 27.7 Å². The second-order valence-electron chi connectivity index (χ2n) is 4.50. The third kappa shape index (κ3) is 3.25. The first-order valence-electron chi connectivity index (χ1n) is 5.91. The summed E-state index contributed by atoms with van der Waals surface area (Å²) in [6.07, 6.45) is 1.48. The normalized spacial score (nSPS) is 26.1. The van der Waals surface area contributed by atoms with Crippen LogP contribution in [0.1, 0.15) is 31.9 Å². The molecule has 0 saturated carbocycles. The molecule has 1 aliphatic heterocycles. The highest BCUT2D eigenvalue weighted by molar-refractivity contribution is 9.10. The van der Waals surface area contributed by atoms with Gasteiger partial charge < -0.3 is 10.5 Å². The third-order valence-electron chi connectivity index (χ3n) is 3.07. The first-order chi connectivity index (χ1) is 8.08. The molecule has 1 aromatic carbocycles. The van der Waals surface area contributed by atoms with Crippen molar-refractivity contribution in [3.63, 3.8) is 0 Å². The van der Waals surface area contributed by atoms with Crippen molar-refractivity contribution in [2.45, 2.75) is 42.6 Å². The van der Waals surface area contributed by atoms with Gasteiger partial charge in [0.2, 0.25) is 0 Å². The van der Waals surface area contributed by atoms with Crippen molar-refractivity contribution in [3.8, 4) is 0 Å².